The normalized spacial score (nSPS) is 40.0. The Morgan fingerprint density at radius 2 is 1.90 bits per heavy atom. The zero-order chi connectivity index (χ0) is 15.1. The number of hydrogen-bond donors (Lipinski definition) is 2. The molecule has 2 N–H and O–H groups in total. The van der Waals surface area contributed by atoms with E-state index in [1.165, 1.54) is 44.9 Å². The lowest BCUT2D eigenvalue weighted by atomic mass is 9.70. The fraction of sp³-hybridized carbons (Fsp3) is 1.00. The van der Waals surface area contributed by atoms with Gasteiger partial charge in [0.05, 0.1) is 18.8 Å². The van der Waals surface area contributed by atoms with Crippen molar-refractivity contribution in [1.29, 1.82) is 0 Å². The number of hydrogen-bond acceptors (Lipinski definition) is 3. The van der Waals surface area contributed by atoms with Gasteiger partial charge in [-0.1, -0.05) is 33.6 Å². The Morgan fingerprint density at radius 1 is 1.19 bits per heavy atom. The summed E-state index contributed by atoms with van der Waals surface area (Å²) in [6, 6.07) is 0.624. The molecule has 0 aliphatic heterocycles. The van der Waals surface area contributed by atoms with E-state index in [2.05, 4.69) is 26.1 Å². The highest BCUT2D eigenvalue weighted by molar-refractivity contribution is 5.11. The van der Waals surface area contributed by atoms with Crippen molar-refractivity contribution in [3.8, 4) is 0 Å². The molecule has 0 aromatic heterocycles. The second-order valence-electron chi connectivity index (χ2n) is 8.48. The van der Waals surface area contributed by atoms with Crippen LogP contribution in [-0.4, -0.2) is 36.5 Å². The van der Waals surface area contributed by atoms with Crippen LogP contribution in [0.5, 0.6) is 0 Å². The second kappa shape index (κ2) is 5.82. The highest BCUT2D eigenvalue weighted by Crippen LogP contribution is 2.66. The molecule has 4 atom stereocenters. The maximum Gasteiger partial charge on any atom is 0.0897 e. The van der Waals surface area contributed by atoms with Crippen LogP contribution in [0.2, 0.25) is 0 Å². The third-order valence-corrected chi connectivity index (χ3v) is 7.20. The van der Waals surface area contributed by atoms with E-state index in [0.29, 0.717) is 36.1 Å². The van der Waals surface area contributed by atoms with Crippen LogP contribution in [0.3, 0.4) is 0 Å². The first-order valence-electron chi connectivity index (χ1n) is 8.96. The van der Waals surface area contributed by atoms with Crippen molar-refractivity contribution in [2.24, 2.45) is 16.7 Å². The first-order valence-corrected chi connectivity index (χ1v) is 8.96. The van der Waals surface area contributed by atoms with E-state index in [1.807, 2.05) is 0 Å². The van der Waals surface area contributed by atoms with E-state index >= 15 is 0 Å². The maximum atomic E-state index is 10.2. The summed E-state index contributed by atoms with van der Waals surface area (Å²) < 4.78 is 6.16. The summed E-state index contributed by atoms with van der Waals surface area (Å²) in [5, 5.41) is 13.7. The Hall–Kier alpha value is -0.120. The largest absolute Gasteiger partial charge is 0.389 e. The molecule has 0 saturated heterocycles. The molecule has 3 nitrogen and oxygen atoms in total. The maximum absolute atomic E-state index is 10.2. The zero-order valence-corrected chi connectivity index (χ0v) is 14.0. The van der Waals surface area contributed by atoms with E-state index in [-0.39, 0.29) is 6.10 Å². The predicted octanol–water partition coefficient (Wildman–Crippen LogP) is 3.11. The smallest absolute Gasteiger partial charge is 0.0897 e. The van der Waals surface area contributed by atoms with Crippen LogP contribution in [0.4, 0.5) is 0 Å². The van der Waals surface area contributed by atoms with Gasteiger partial charge in [-0.3, -0.25) is 0 Å². The van der Waals surface area contributed by atoms with Gasteiger partial charge in [0.2, 0.25) is 0 Å². The highest BCUT2D eigenvalue weighted by atomic mass is 16.5. The number of aliphatic hydroxyl groups is 1. The van der Waals surface area contributed by atoms with Crippen molar-refractivity contribution < 1.29 is 9.84 Å². The molecule has 0 radical (unpaired) electrons. The SMILES string of the molecule is CC1(C)C2CCC1(C)C(OCC(O)CNC1CCCC1)C2. The van der Waals surface area contributed by atoms with Crippen LogP contribution < -0.4 is 5.32 Å². The van der Waals surface area contributed by atoms with Crippen molar-refractivity contribution in [3.05, 3.63) is 0 Å². The van der Waals surface area contributed by atoms with Crippen molar-refractivity contribution >= 4 is 0 Å². The fourth-order valence-electron chi connectivity index (χ4n) is 5.10. The summed E-state index contributed by atoms with van der Waals surface area (Å²) in [6.07, 6.45) is 9.01. The minimum absolute atomic E-state index is 0.302. The molecule has 3 aliphatic rings. The van der Waals surface area contributed by atoms with Gasteiger partial charge in [-0.2, -0.15) is 0 Å². The topological polar surface area (TPSA) is 41.5 Å². The van der Waals surface area contributed by atoms with Crippen LogP contribution in [0.15, 0.2) is 0 Å². The predicted molar refractivity (Wildman–Crippen MR) is 85.2 cm³/mol. The van der Waals surface area contributed by atoms with Gasteiger partial charge in [-0.05, 0) is 48.9 Å². The molecule has 0 spiro atoms. The average Bonchev–Trinajstić information content (AvgIpc) is 3.08. The van der Waals surface area contributed by atoms with Crippen molar-refractivity contribution in [1.82, 2.24) is 5.32 Å². The molecule has 4 unspecified atom stereocenters. The summed E-state index contributed by atoms with van der Waals surface area (Å²) in [4.78, 5) is 0. The van der Waals surface area contributed by atoms with Crippen molar-refractivity contribution in [3.63, 3.8) is 0 Å². The highest BCUT2D eigenvalue weighted by Gasteiger charge is 2.61. The summed E-state index contributed by atoms with van der Waals surface area (Å²) in [6.45, 7) is 8.38. The summed E-state index contributed by atoms with van der Waals surface area (Å²) >= 11 is 0. The molecular weight excluding hydrogens is 262 g/mol. The third kappa shape index (κ3) is 2.77. The molecule has 122 valence electrons. The van der Waals surface area contributed by atoms with E-state index in [0.717, 1.165) is 5.92 Å². The summed E-state index contributed by atoms with van der Waals surface area (Å²) in [7, 11) is 0. The molecule has 0 amide bonds. The minimum Gasteiger partial charge on any atom is -0.389 e. The lowest BCUT2D eigenvalue weighted by molar-refractivity contribution is -0.0744. The molecule has 0 aromatic carbocycles. The number of aliphatic hydroxyl groups excluding tert-OH is 1. The lowest BCUT2D eigenvalue weighted by Crippen LogP contribution is -2.41. The number of ether oxygens (including phenoxy) is 1. The number of fused-ring (bicyclic) bond motifs is 2. The van der Waals surface area contributed by atoms with E-state index in [9.17, 15) is 5.11 Å². The monoisotopic (exact) mass is 295 g/mol. The molecule has 3 heteroatoms. The molecule has 2 bridgehead atoms. The standard InChI is InChI=1S/C18H33NO2/c1-17(2)13-8-9-18(17,3)16(10-13)21-12-15(20)11-19-14-6-4-5-7-14/h13-16,19-20H,4-12H2,1-3H3. The fourth-order valence-corrected chi connectivity index (χ4v) is 5.10. The molecule has 3 saturated carbocycles. The first-order chi connectivity index (χ1) is 9.93. The van der Waals surface area contributed by atoms with Crippen molar-refractivity contribution in [2.45, 2.75) is 84.0 Å². The first kappa shape index (κ1) is 15.8. The molecule has 3 aliphatic carbocycles. The second-order valence-corrected chi connectivity index (χ2v) is 8.48. The molecule has 3 rings (SSSR count). The third-order valence-electron chi connectivity index (χ3n) is 7.20. The van der Waals surface area contributed by atoms with Crippen LogP contribution in [-0.2, 0) is 4.74 Å². The Bertz CT molecular complexity index is 364. The van der Waals surface area contributed by atoms with Gasteiger partial charge in [-0.25, -0.2) is 0 Å². The minimum atomic E-state index is -0.364. The average molecular weight is 295 g/mol. The van der Waals surface area contributed by atoms with Crippen LogP contribution >= 0.6 is 0 Å². The van der Waals surface area contributed by atoms with E-state index in [4.69, 9.17) is 4.74 Å². The van der Waals surface area contributed by atoms with E-state index < -0.39 is 0 Å². The van der Waals surface area contributed by atoms with Gasteiger partial charge in [0, 0.05) is 12.6 Å². The Morgan fingerprint density at radius 3 is 2.48 bits per heavy atom. The summed E-state index contributed by atoms with van der Waals surface area (Å²) in [5.41, 5.74) is 0.695. The van der Waals surface area contributed by atoms with Gasteiger partial charge in [0.1, 0.15) is 0 Å². The van der Waals surface area contributed by atoms with Gasteiger partial charge in [0.15, 0.2) is 0 Å². The Kier molecular flexibility index (Phi) is 4.37. The molecule has 0 heterocycles. The van der Waals surface area contributed by atoms with Gasteiger partial charge in [-0.15, -0.1) is 0 Å². The molecule has 21 heavy (non-hydrogen) atoms. The van der Waals surface area contributed by atoms with Crippen molar-refractivity contribution in [2.75, 3.05) is 13.2 Å². The molecule has 3 fully saturated rings. The zero-order valence-electron chi connectivity index (χ0n) is 14.0. The number of nitrogens with one attached hydrogen (secondary N) is 1. The quantitative estimate of drug-likeness (QED) is 0.791. The van der Waals surface area contributed by atoms with Crippen LogP contribution in [0, 0.1) is 16.7 Å². The Balaban J connectivity index is 1.43. The number of rotatable bonds is 6. The lowest BCUT2D eigenvalue weighted by Gasteiger charge is -2.39. The van der Waals surface area contributed by atoms with Gasteiger partial charge < -0.3 is 15.2 Å². The van der Waals surface area contributed by atoms with E-state index in [1.54, 1.807) is 0 Å². The van der Waals surface area contributed by atoms with Crippen LogP contribution in [0.25, 0.3) is 0 Å². The van der Waals surface area contributed by atoms with Gasteiger partial charge in [0.25, 0.3) is 0 Å². The Labute approximate surface area is 129 Å². The van der Waals surface area contributed by atoms with Gasteiger partial charge >= 0.3 is 0 Å². The summed E-state index contributed by atoms with van der Waals surface area (Å²) in [5.74, 6) is 0.807. The van der Waals surface area contributed by atoms with Crippen LogP contribution in [0.1, 0.15) is 65.7 Å². The molecule has 0 aromatic rings. The molecular formula is C18H33NO2.